The van der Waals surface area contributed by atoms with Crippen molar-refractivity contribution >= 4 is 17.3 Å². The highest BCUT2D eigenvalue weighted by Gasteiger charge is 2.62. The molecule has 0 aliphatic heterocycles. The lowest BCUT2D eigenvalue weighted by Crippen LogP contribution is -2.54. The first-order valence-electron chi connectivity index (χ1n) is 8.38. The van der Waals surface area contributed by atoms with Gasteiger partial charge >= 0.3 is 0 Å². The van der Waals surface area contributed by atoms with Crippen LogP contribution in [-0.4, -0.2) is 17.3 Å². The van der Waals surface area contributed by atoms with E-state index < -0.39 is 5.41 Å². The summed E-state index contributed by atoms with van der Waals surface area (Å²) in [6.07, 6.45) is 9.28. The van der Waals surface area contributed by atoms with Crippen LogP contribution in [0.1, 0.15) is 46.0 Å². The van der Waals surface area contributed by atoms with Crippen LogP contribution in [-0.2, 0) is 14.4 Å². The molecule has 3 fully saturated rings. The van der Waals surface area contributed by atoms with E-state index in [2.05, 4.69) is 6.92 Å². The summed E-state index contributed by atoms with van der Waals surface area (Å²) in [6, 6.07) is 0. The van der Waals surface area contributed by atoms with E-state index >= 15 is 0 Å². The highest BCUT2D eigenvalue weighted by atomic mass is 16.2. The molecule has 0 aromatic rings. The second-order valence-corrected chi connectivity index (χ2v) is 7.89. The summed E-state index contributed by atoms with van der Waals surface area (Å²) in [7, 11) is 0. The SMILES string of the molecule is C[C@@]12C(=O)CC[C@H]1[C@@H]1CCC3=CC(=O)C=C[C@]3(C)[C@H]1CC2=O. The standard InChI is InChI=1S/C19H22O3/c1-18-8-7-12(20)9-11(18)3-4-13-14-5-6-16(21)19(14,2)17(22)10-15(13)18/h7-9,13-15H,3-6,10H2,1-2H3/t13-,14-,15-,18-,19-/m0/s1. The monoisotopic (exact) mass is 298 g/mol. The van der Waals surface area contributed by atoms with Crippen molar-refractivity contribution < 1.29 is 14.4 Å². The Hall–Kier alpha value is -1.51. The predicted octanol–water partition coefficient (Wildman–Crippen LogP) is 3.04. The van der Waals surface area contributed by atoms with Crippen LogP contribution in [0.15, 0.2) is 23.8 Å². The smallest absolute Gasteiger partial charge is 0.178 e. The van der Waals surface area contributed by atoms with Crippen LogP contribution in [0, 0.1) is 28.6 Å². The van der Waals surface area contributed by atoms with Gasteiger partial charge in [-0.15, -0.1) is 0 Å². The molecular formula is C19H22O3. The van der Waals surface area contributed by atoms with Crippen molar-refractivity contribution in [1.29, 1.82) is 0 Å². The average Bonchev–Trinajstić information content (AvgIpc) is 2.79. The van der Waals surface area contributed by atoms with Crippen LogP contribution < -0.4 is 0 Å². The molecule has 4 rings (SSSR count). The van der Waals surface area contributed by atoms with Gasteiger partial charge in [0.05, 0.1) is 5.41 Å². The molecule has 0 saturated heterocycles. The van der Waals surface area contributed by atoms with Crippen LogP contribution in [0.2, 0.25) is 0 Å². The van der Waals surface area contributed by atoms with Gasteiger partial charge in [0.1, 0.15) is 11.6 Å². The van der Waals surface area contributed by atoms with Gasteiger partial charge in [0.15, 0.2) is 5.78 Å². The first-order valence-corrected chi connectivity index (χ1v) is 8.38. The summed E-state index contributed by atoms with van der Waals surface area (Å²) in [5, 5.41) is 0. The van der Waals surface area contributed by atoms with E-state index in [0.29, 0.717) is 18.8 Å². The van der Waals surface area contributed by atoms with E-state index in [4.69, 9.17) is 0 Å². The zero-order valence-electron chi connectivity index (χ0n) is 13.2. The van der Waals surface area contributed by atoms with Gasteiger partial charge in [0, 0.05) is 18.3 Å². The topological polar surface area (TPSA) is 51.2 Å². The highest BCUT2D eigenvalue weighted by Crippen LogP contribution is 2.62. The minimum Gasteiger partial charge on any atom is -0.299 e. The van der Waals surface area contributed by atoms with E-state index in [0.717, 1.165) is 19.3 Å². The summed E-state index contributed by atoms with van der Waals surface area (Å²) < 4.78 is 0. The molecule has 0 spiro atoms. The Labute approximate surface area is 130 Å². The molecule has 3 heteroatoms. The summed E-state index contributed by atoms with van der Waals surface area (Å²) in [6.45, 7) is 4.06. The molecule has 5 atom stereocenters. The number of hydrogen-bond donors (Lipinski definition) is 0. The van der Waals surface area contributed by atoms with Crippen LogP contribution in [0.3, 0.4) is 0 Å². The third kappa shape index (κ3) is 1.55. The van der Waals surface area contributed by atoms with Crippen molar-refractivity contribution in [2.45, 2.75) is 46.0 Å². The lowest BCUT2D eigenvalue weighted by molar-refractivity contribution is -0.149. The maximum atomic E-state index is 12.8. The number of carbonyl (C=O) groups excluding carboxylic acids is 3. The van der Waals surface area contributed by atoms with Gasteiger partial charge in [-0.1, -0.05) is 18.6 Å². The van der Waals surface area contributed by atoms with Crippen molar-refractivity contribution in [3.8, 4) is 0 Å². The maximum Gasteiger partial charge on any atom is 0.178 e. The van der Waals surface area contributed by atoms with E-state index in [1.807, 2.05) is 13.0 Å². The molecule has 3 nitrogen and oxygen atoms in total. The number of ketones is 3. The fourth-order valence-corrected chi connectivity index (χ4v) is 5.71. The number of hydrogen-bond acceptors (Lipinski definition) is 3. The Morgan fingerprint density at radius 3 is 2.55 bits per heavy atom. The van der Waals surface area contributed by atoms with E-state index in [1.165, 1.54) is 5.57 Å². The lowest BCUT2D eigenvalue weighted by atomic mass is 9.48. The Kier molecular flexibility index (Phi) is 2.74. The summed E-state index contributed by atoms with van der Waals surface area (Å²) in [5.74, 6) is 1.22. The molecule has 0 aromatic carbocycles. The Morgan fingerprint density at radius 1 is 1.00 bits per heavy atom. The second kappa shape index (κ2) is 4.27. The number of allylic oxidation sites excluding steroid dienone is 4. The molecule has 4 aliphatic rings. The second-order valence-electron chi connectivity index (χ2n) is 7.89. The molecule has 3 saturated carbocycles. The minimum atomic E-state index is -0.729. The quantitative estimate of drug-likeness (QED) is 0.646. The van der Waals surface area contributed by atoms with Gasteiger partial charge in [-0.2, -0.15) is 0 Å². The third-order valence-corrected chi connectivity index (χ3v) is 7.14. The van der Waals surface area contributed by atoms with Crippen LogP contribution in [0.4, 0.5) is 0 Å². The molecule has 0 N–H and O–H groups in total. The van der Waals surface area contributed by atoms with Gasteiger partial charge in [-0.3, -0.25) is 14.4 Å². The molecule has 0 amide bonds. The zero-order valence-corrected chi connectivity index (χ0v) is 13.2. The molecule has 0 heterocycles. The third-order valence-electron chi connectivity index (χ3n) is 7.14. The molecule has 0 bridgehead atoms. The van der Waals surface area contributed by atoms with Crippen molar-refractivity contribution in [2.24, 2.45) is 28.6 Å². The van der Waals surface area contributed by atoms with Gasteiger partial charge in [0.2, 0.25) is 0 Å². The number of carbonyl (C=O) groups is 3. The van der Waals surface area contributed by atoms with Crippen LogP contribution >= 0.6 is 0 Å². The first-order chi connectivity index (χ1) is 10.4. The van der Waals surface area contributed by atoms with Crippen LogP contribution in [0.5, 0.6) is 0 Å². The average molecular weight is 298 g/mol. The van der Waals surface area contributed by atoms with Crippen molar-refractivity contribution in [2.75, 3.05) is 0 Å². The van der Waals surface area contributed by atoms with Crippen molar-refractivity contribution in [3.63, 3.8) is 0 Å². The molecule has 0 unspecified atom stereocenters. The predicted molar refractivity (Wildman–Crippen MR) is 82.0 cm³/mol. The Balaban J connectivity index is 1.78. The molecule has 116 valence electrons. The van der Waals surface area contributed by atoms with E-state index in [-0.39, 0.29) is 34.6 Å². The Morgan fingerprint density at radius 2 is 1.77 bits per heavy atom. The van der Waals surface area contributed by atoms with Gasteiger partial charge in [0.25, 0.3) is 0 Å². The number of Topliss-reactive ketones (excluding diaryl/α,β-unsaturated/α-hetero) is 2. The van der Waals surface area contributed by atoms with Gasteiger partial charge in [-0.05, 0) is 56.1 Å². The first kappa shape index (κ1) is 14.1. The number of fused-ring (bicyclic) bond motifs is 5. The molecule has 22 heavy (non-hydrogen) atoms. The molecule has 0 radical (unpaired) electrons. The lowest BCUT2D eigenvalue weighted by Gasteiger charge is -2.54. The summed E-state index contributed by atoms with van der Waals surface area (Å²) in [4.78, 5) is 36.8. The van der Waals surface area contributed by atoms with Crippen molar-refractivity contribution in [1.82, 2.24) is 0 Å². The summed E-state index contributed by atoms with van der Waals surface area (Å²) in [5.41, 5.74) is 0.272. The van der Waals surface area contributed by atoms with E-state index in [1.54, 1.807) is 12.2 Å². The van der Waals surface area contributed by atoms with Crippen molar-refractivity contribution in [3.05, 3.63) is 23.8 Å². The normalized spacial score (nSPS) is 46.9. The Bertz CT molecular complexity index is 656. The highest BCUT2D eigenvalue weighted by molar-refractivity contribution is 6.09. The van der Waals surface area contributed by atoms with Gasteiger partial charge in [-0.25, -0.2) is 0 Å². The number of rotatable bonds is 0. The van der Waals surface area contributed by atoms with Gasteiger partial charge < -0.3 is 0 Å². The molecule has 4 aliphatic carbocycles. The fraction of sp³-hybridized carbons (Fsp3) is 0.632. The molecular weight excluding hydrogens is 276 g/mol. The van der Waals surface area contributed by atoms with E-state index in [9.17, 15) is 14.4 Å². The maximum absolute atomic E-state index is 12.8. The largest absolute Gasteiger partial charge is 0.299 e. The fourth-order valence-electron chi connectivity index (χ4n) is 5.71. The molecule has 0 aromatic heterocycles. The minimum absolute atomic E-state index is 0.0638. The summed E-state index contributed by atoms with van der Waals surface area (Å²) >= 11 is 0. The van der Waals surface area contributed by atoms with Crippen LogP contribution in [0.25, 0.3) is 0 Å². The zero-order chi connectivity index (χ0) is 15.7.